The number of para-hydroxylation sites is 1. The standard InChI is InChI=1S/C20H25F2N5O3/c1-20(21,22)6-7-25-19(30)15-9-11-8-14(11)27(15)16(28)10-26-13-5-3-2-4-12(13)17(23)18(24)29/h2-5,11,14-15,23,26H,6-10H2,1H3,(H2,24,29)(H,25,30)/t11-,14-,15+/m1/s1. The minimum atomic E-state index is -2.86. The summed E-state index contributed by atoms with van der Waals surface area (Å²) in [5, 5.41) is 13.2. The minimum absolute atomic E-state index is 0.0122. The Morgan fingerprint density at radius 1 is 1.27 bits per heavy atom. The smallest absolute Gasteiger partial charge is 0.267 e. The molecular weight excluding hydrogens is 396 g/mol. The van der Waals surface area contributed by atoms with Crippen LogP contribution in [0.1, 0.15) is 31.7 Å². The number of anilines is 1. The van der Waals surface area contributed by atoms with Crippen LogP contribution in [0, 0.1) is 11.3 Å². The highest BCUT2D eigenvalue weighted by molar-refractivity contribution is 6.44. The first-order valence-electron chi connectivity index (χ1n) is 9.77. The van der Waals surface area contributed by atoms with Crippen molar-refractivity contribution in [3.05, 3.63) is 29.8 Å². The number of alkyl halides is 2. The van der Waals surface area contributed by atoms with Gasteiger partial charge in [0, 0.05) is 30.3 Å². The Labute approximate surface area is 172 Å². The van der Waals surface area contributed by atoms with Crippen molar-refractivity contribution in [3.63, 3.8) is 0 Å². The Kier molecular flexibility index (Phi) is 6.04. The van der Waals surface area contributed by atoms with E-state index in [0.717, 1.165) is 13.3 Å². The van der Waals surface area contributed by atoms with Crippen molar-refractivity contribution in [2.24, 2.45) is 11.7 Å². The molecule has 0 radical (unpaired) electrons. The zero-order chi connectivity index (χ0) is 22.1. The summed E-state index contributed by atoms with van der Waals surface area (Å²) >= 11 is 0. The number of halogens is 2. The highest BCUT2D eigenvalue weighted by atomic mass is 19.3. The molecule has 1 aromatic carbocycles. The molecule has 0 spiro atoms. The zero-order valence-electron chi connectivity index (χ0n) is 16.6. The molecule has 0 aromatic heterocycles. The largest absolute Gasteiger partial charge is 0.376 e. The van der Waals surface area contributed by atoms with Gasteiger partial charge in [-0.25, -0.2) is 8.78 Å². The SMILES string of the molecule is CC(F)(F)CCNC(=O)[C@@H]1C[C@H]2C[C@H]2N1C(=O)CNc1ccccc1C(=N)C(N)=O. The number of carbonyl (C=O) groups excluding carboxylic acids is 3. The topological polar surface area (TPSA) is 128 Å². The van der Waals surface area contributed by atoms with Crippen LogP contribution in [0.4, 0.5) is 14.5 Å². The van der Waals surface area contributed by atoms with Gasteiger partial charge >= 0.3 is 0 Å². The number of fused-ring (bicyclic) bond motifs is 1. The number of benzene rings is 1. The monoisotopic (exact) mass is 421 g/mol. The molecule has 5 N–H and O–H groups in total. The van der Waals surface area contributed by atoms with E-state index in [2.05, 4.69) is 10.6 Å². The first kappa shape index (κ1) is 21.7. The maximum absolute atomic E-state index is 13.0. The van der Waals surface area contributed by atoms with E-state index in [1.807, 2.05) is 0 Å². The fourth-order valence-electron chi connectivity index (χ4n) is 3.82. The molecule has 0 unspecified atom stereocenters. The first-order valence-corrected chi connectivity index (χ1v) is 9.77. The van der Waals surface area contributed by atoms with E-state index in [9.17, 15) is 23.2 Å². The van der Waals surface area contributed by atoms with Crippen molar-refractivity contribution in [2.45, 2.75) is 44.2 Å². The maximum Gasteiger partial charge on any atom is 0.267 e. The minimum Gasteiger partial charge on any atom is -0.376 e. The Morgan fingerprint density at radius 2 is 1.97 bits per heavy atom. The summed E-state index contributed by atoms with van der Waals surface area (Å²) in [6.45, 7) is 0.501. The molecule has 3 amide bonds. The molecule has 30 heavy (non-hydrogen) atoms. The maximum atomic E-state index is 13.0. The lowest BCUT2D eigenvalue weighted by molar-refractivity contribution is -0.138. The van der Waals surface area contributed by atoms with Crippen LogP contribution in [0.15, 0.2) is 24.3 Å². The fourth-order valence-corrected chi connectivity index (χ4v) is 3.82. The Bertz CT molecular complexity index is 870. The molecule has 3 rings (SSSR count). The van der Waals surface area contributed by atoms with Crippen molar-refractivity contribution in [2.75, 3.05) is 18.4 Å². The number of amides is 3. The van der Waals surface area contributed by atoms with Crippen LogP contribution < -0.4 is 16.4 Å². The van der Waals surface area contributed by atoms with Crippen LogP contribution in [0.25, 0.3) is 0 Å². The van der Waals surface area contributed by atoms with Crippen LogP contribution in [0.3, 0.4) is 0 Å². The van der Waals surface area contributed by atoms with Gasteiger partial charge in [0.05, 0.1) is 6.54 Å². The lowest BCUT2D eigenvalue weighted by atomic mass is 10.1. The van der Waals surface area contributed by atoms with Crippen molar-refractivity contribution >= 4 is 29.1 Å². The molecule has 1 heterocycles. The third kappa shape index (κ3) is 4.92. The van der Waals surface area contributed by atoms with E-state index in [-0.39, 0.29) is 42.2 Å². The Hall–Kier alpha value is -3.04. The van der Waals surface area contributed by atoms with Crippen LogP contribution in [-0.2, 0) is 14.4 Å². The summed E-state index contributed by atoms with van der Waals surface area (Å²) in [5.41, 5.74) is 5.49. The van der Waals surface area contributed by atoms with E-state index in [4.69, 9.17) is 11.1 Å². The lowest BCUT2D eigenvalue weighted by Gasteiger charge is -2.27. The summed E-state index contributed by atoms with van der Waals surface area (Å²) in [7, 11) is 0. The molecule has 8 nitrogen and oxygen atoms in total. The highest BCUT2D eigenvalue weighted by Crippen LogP contribution is 2.47. The number of piperidine rings is 1. The molecule has 3 atom stereocenters. The number of hydrogen-bond donors (Lipinski definition) is 4. The number of hydrogen-bond acceptors (Lipinski definition) is 5. The Balaban J connectivity index is 1.61. The van der Waals surface area contributed by atoms with E-state index in [0.29, 0.717) is 12.1 Å². The molecular formula is C20H25F2N5O3. The van der Waals surface area contributed by atoms with Gasteiger partial charge in [-0.1, -0.05) is 18.2 Å². The van der Waals surface area contributed by atoms with Gasteiger partial charge in [-0.2, -0.15) is 0 Å². The lowest BCUT2D eigenvalue weighted by Crippen LogP contribution is -2.50. The normalized spacial score (nSPS) is 22.2. The summed E-state index contributed by atoms with van der Waals surface area (Å²) in [4.78, 5) is 38.1. The molecule has 162 valence electrons. The number of carbonyl (C=O) groups is 3. The zero-order valence-corrected chi connectivity index (χ0v) is 16.6. The summed E-state index contributed by atoms with van der Waals surface area (Å²) in [6.07, 6.45) is 0.884. The van der Waals surface area contributed by atoms with E-state index in [1.165, 1.54) is 4.90 Å². The molecule has 1 aliphatic carbocycles. The fraction of sp³-hybridized carbons (Fsp3) is 0.500. The van der Waals surface area contributed by atoms with Gasteiger partial charge in [-0.05, 0) is 31.7 Å². The van der Waals surface area contributed by atoms with Crippen LogP contribution >= 0.6 is 0 Å². The predicted octanol–water partition coefficient (Wildman–Crippen LogP) is 1.10. The highest BCUT2D eigenvalue weighted by Gasteiger charge is 2.55. The average Bonchev–Trinajstić information content (AvgIpc) is 3.34. The second kappa shape index (κ2) is 8.37. The molecule has 1 aliphatic heterocycles. The molecule has 2 aliphatic rings. The van der Waals surface area contributed by atoms with Gasteiger partial charge in [-0.3, -0.25) is 19.8 Å². The Morgan fingerprint density at radius 3 is 2.63 bits per heavy atom. The number of nitrogens with zero attached hydrogens (tertiary/aromatic N) is 1. The van der Waals surface area contributed by atoms with Gasteiger partial charge in [0.2, 0.25) is 17.7 Å². The van der Waals surface area contributed by atoms with Gasteiger partial charge in [0.25, 0.3) is 5.91 Å². The average molecular weight is 421 g/mol. The number of likely N-dealkylation sites (tertiary alicyclic amines) is 1. The third-order valence-corrected chi connectivity index (χ3v) is 5.43. The molecule has 1 saturated heterocycles. The molecule has 0 bridgehead atoms. The van der Waals surface area contributed by atoms with Gasteiger partial charge < -0.3 is 21.3 Å². The second-order valence-electron chi connectivity index (χ2n) is 7.87. The second-order valence-corrected chi connectivity index (χ2v) is 7.87. The molecule has 1 aromatic rings. The quantitative estimate of drug-likeness (QED) is 0.445. The predicted molar refractivity (Wildman–Crippen MR) is 106 cm³/mol. The number of primary amides is 1. The molecule has 10 heteroatoms. The summed E-state index contributed by atoms with van der Waals surface area (Å²) in [5.74, 6) is -4.22. The third-order valence-electron chi connectivity index (χ3n) is 5.43. The van der Waals surface area contributed by atoms with Gasteiger partial charge in [-0.15, -0.1) is 0 Å². The van der Waals surface area contributed by atoms with E-state index >= 15 is 0 Å². The number of nitrogens with one attached hydrogen (secondary N) is 3. The van der Waals surface area contributed by atoms with E-state index < -0.39 is 30.2 Å². The number of nitrogens with two attached hydrogens (primary N) is 1. The van der Waals surface area contributed by atoms with Gasteiger partial charge in [0.15, 0.2) is 0 Å². The van der Waals surface area contributed by atoms with Crippen molar-refractivity contribution in [1.82, 2.24) is 10.2 Å². The van der Waals surface area contributed by atoms with Crippen molar-refractivity contribution < 1.29 is 23.2 Å². The van der Waals surface area contributed by atoms with Gasteiger partial charge in [0.1, 0.15) is 11.8 Å². The molecule has 2 fully saturated rings. The van der Waals surface area contributed by atoms with Crippen LogP contribution in [0.5, 0.6) is 0 Å². The summed E-state index contributed by atoms with van der Waals surface area (Å²) in [6, 6.07) is 5.83. The van der Waals surface area contributed by atoms with Crippen molar-refractivity contribution in [1.29, 1.82) is 5.41 Å². The van der Waals surface area contributed by atoms with Crippen molar-refractivity contribution in [3.8, 4) is 0 Å². The van der Waals surface area contributed by atoms with E-state index in [1.54, 1.807) is 24.3 Å². The number of rotatable bonds is 9. The van der Waals surface area contributed by atoms with Crippen LogP contribution in [-0.4, -0.2) is 59.4 Å². The first-order chi connectivity index (χ1) is 14.1. The summed E-state index contributed by atoms with van der Waals surface area (Å²) < 4.78 is 25.9. The van der Waals surface area contributed by atoms with Crippen LogP contribution in [0.2, 0.25) is 0 Å². The molecule has 1 saturated carbocycles.